The molecule has 3 aromatic rings. The molecule has 0 aliphatic carbocycles. The maximum absolute atomic E-state index is 12.6. The number of hydrogen-bond donors (Lipinski definition) is 1. The second-order valence-electron chi connectivity index (χ2n) is 8.53. The van der Waals surface area contributed by atoms with Crippen molar-refractivity contribution in [2.75, 3.05) is 14.2 Å². The van der Waals surface area contributed by atoms with Gasteiger partial charge in [-0.25, -0.2) is 10.2 Å². The molecule has 7 nitrogen and oxygen atoms in total. The molecule has 0 fully saturated rings. The lowest BCUT2D eigenvalue weighted by Gasteiger charge is -2.18. The zero-order chi connectivity index (χ0) is 24.7. The Labute approximate surface area is 199 Å². The van der Waals surface area contributed by atoms with Crippen molar-refractivity contribution in [3.8, 4) is 17.2 Å². The number of ether oxygens (including phenoxy) is 3. The van der Waals surface area contributed by atoms with Crippen molar-refractivity contribution in [2.24, 2.45) is 5.10 Å². The lowest BCUT2D eigenvalue weighted by atomic mass is 9.87. The van der Waals surface area contributed by atoms with Crippen LogP contribution in [-0.4, -0.2) is 32.3 Å². The molecule has 0 saturated heterocycles. The highest BCUT2D eigenvalue weighted by molar-refractivity contribution is 5.95. The fraction of sp³-hybridized carbons (Fsp3) is 0.222. The summed E-state index contributed by atoms with van der Waals surface area (Å²) in [6, 6.07) is 19.2. The average Bonchev–Trinajstić information content (AvgIpc) is 2.84. The lowest BCUT2D eigenvalue weighted by molar-refractivity contribution is 0.0726. The number of carbonyl (C=O) groups excluding carboxylic acids is 2. The van der Waals surface area contributed by atoms with Crippen LogP contribution in [0.25, 0.3) is 0 Å². The minimum absolute atomic E-state index is 0.0138. The van der Waals surface area contributed by atoms with Gasteiger partial charge in [-0.3, -0.25) is 4.79 Å². The average molecular weight is 461 g/mol. The fourth-order valence-corrected chi connectivity index (χ4v) is 3.17. The number of benzene rings is 3. The Hall–Kier alpha value is -4.13. The highest BCUT2D eigenvalue weighted by Crippen LogP contribution is 2.29. The van der Waals surface area contributed by atoms with Crippen LogP contribution in [-0.2, 0) is 5.41 Å². The number of methoxy groups -OCH3 is 2. The monoisotopic (exact) mass is 460 g/mol. The smallest absolute Gasteiger partial charge is 0.347 e. The Morgan fingerprint density at radius 3 is 2.18 bits per heavy atom. The van der Waals surface area contributed by atoms with E-state index in [1.165, 1.54) is 20.4 Å². The Morgan fingerprint density at radius 2 is 1.53 bits per heavy atom. The van der Waals surface area contributed by atoms with Gasteiger partial charge in [-0.05, 0) is 59.0 Å². The van der Waals surface area contributed by atoms with Crippen LogP contribution in [0.3, 0.4) is 0 Å². The van der Waals surface area contributed by atoms with E-state index >= 15 is 0 Å². The normalized spacial score (nSPS) is 11.2. The van der Waals surface area contributed by atoms with Crippen molar-refractivity contribution >= 4 is 18.1 Å². The van der Waals surface area contributed by atoms with E-state index in [0.29, 0.717) is 28.2 Å². The molecule has 176 valence electrons. The largest absolute Gasteiger partial charge is 0.496 e. The summed E-state index contributed by atoms with van der Waals surface area (Å²) in [5.41, 5.74) is 5.14. The van der Waals surface area contributed by atoms with E-state index in [0.717, 1.165) is 5.56 Å². The van der Waals surface area contributed by atoms with Gasteiger partial charge in [0.2, 0.25) is 0 Å². The first kappa shape index (κ1) is 24.5. The topological polar surface area (TPSA) is 86.2 Å². The van der Waals surface area contributed by atoms with Gasteiger partial charge >= 0.3 is 5.97 Å². The first-order valence-corrected chi connectivity index (χ1v) is 10.7. The number of amides is 1. The number of hydrazone groups is 1. The molecule has 0 spiro atoms. The van der Waals surface area contributed by atoms with Crippen LogP contribution in [0.15, 0.2) is 71.8 Å². The maximum Gasteiger partial charge on any atom is 0.347 e. The van der Waals surface area contributed by atoms with Gasteiger partial charge in [-0.2, -0.15) is 5.10 Å². The molecule has 0 aromatic heterocycles. The van der Waals surface area contributed by atoms with Crippen LogP contribution in [0.4, 0.5) is 0 Å². The molecule has 0 aliphatic rings. The van der Waals surface area contributed by atoms with Crippen LogP contribution >= 0.6 is 0 Å². The molecule has 0 atom stereocenters. The summed E-state index contributed by atoms with van der Waals surface area (Å²) in [5.74, 6) is 0.127. The maximum atomic E-state index is 12.6. The summed E-state index contributed by atoms with van der Waals surface area (Å²) in [6.45, 7) is 6.35. The van der Waals surface area contributed by atoms with Crippen molar-refractivity contribution in [1.82, 2.24) is 5.43 Å². The molecule has 3 aromatic carbocycles. The second kappa shape index (κ2) is 10.7. The second-order valence-corrected chi connectivity index (χ2v) is 8.53. The summed E-state index contributed by atoms with van der Waals surface area (Å²) in [7, 11) is 2.96. The summed E-state index contributed by atoms with van der Waals surface area (Å²) in [5, 5.41) is 4.02. The highest BCUT2D eigenvalue weighted by Gasteiger charge is 2.17. The molecule has 0 aliphatic heterocycles. The minimum atomic E-state index is -0.568. The van der Waals surface area contributed by atoms with Crippen LogP contribution < -0.4 is 19.6 Å². The third kappa shape index (κ3) is 6.01. The number of esters is 1. The van der Waals surface area contributed by atoms with Gasteiger partial charge in [0.1, 0.15) is 11.3 Å². The first-order chi connectivity index (χ1) is 16.2. The molecule has 0 radical (unpaired) electrons. The van der Waals surface area contributed by atoms with Crippen molar-refractivity contribution in [3.63, 3.8) is 0 Å². The first-order valence-electron chi connectivity index (χ1n) is 10.7. The fourth-order valence-electron chi connectivity index (χ4n) is 3.17. The summed E-state index contributed by atoms with van der Waals surface area (Å²) < 4.78 is 16.1. The van der Waals surface area contributed by atoms with E-state index < -0.39 is 5.97 Å². The number of nitrogens with one attached hydrogen (secondary N) is 1. The number of hydrogen-bond acceptors (Lipinski definition) is 6. The van der Waals surface area contributed by atoms with E-state index in [9.17, 15) is 9.59 Å². The van der Waals surface area contributed by atoms with Crippen LogP contribution in [0.2, 0.25) is 0 Å². The molecule has 1 amide bonds. The van der Waals surface area contributed by atoms with Gasteiger partial charge in [-0.1, -0.05) is 45.0 Å². The van der Waals surface area contributed by atoms with Crippen molar-refractivity contribution in [3.05, 3.63) is 89.0 Å². The third-order valence-corrected chi connectivity index (χ3v) is 5.11. The minimum Gasteiger partial charge on any atom is -0.496 e. The third-order valence-electron chi connectivity index (χ3n) is 5.11. The Kier molecular flexibility index (Phi) is 7.68. The summed E-state index contributed by atoms with van der Waals surface area (Å²) >= 11 is 0. The van der Waals surface area contributed by atoms with E-state index in [4.69, 9.17) is 14.2 Å². The van der Waals surface area contributed by atoms with Gasteiger partial charge in [0, 0.05) is 5.56 Å². The van der Waals surface area contributed by atoms with E-state index in [2.05, 4.69) is 31.3 Å². The summed E-state index contributed by atoms with van der Waals surface area (Å²) in [4.78, 5) is 24.9. The van der Waals surface area contributed by atoms with Gasteiger partial charge in [-0.15, -0.1) is 0 Å². The number of carbonyl (C=O) groups is 2. The van der Waals surface area contributed by atoms with Gasteiger partial charge in [0.25, 0.3) is 5.91 Å². The van der Waals surface area contributed by atoms with Crippen LogP contribution in [0.1, 0.15) is 52.6 Å². The number of rotatable bonds is 7. The molecular weight excluding hydrogens is 432 g/mol. The van der Waals surface area contributed by atoms with Crippen molar-refractivity contribution < 1.29 is 23.8 Å². The van der Waals surface area contributed by atoms with E-state index in [1.807, 2.05) is 12.1 Å². The zero-order valence-electron chi connectivity index (χ0n) is 19.9. The SMILES string of the molecule is COc1cc(/C=N/NC(=O)c2ccc(C(C)(C)C)cc2)ccc1OC(=O)c1ccccc1OC. The van der Waals surface area contributed by atoms with Crippen LogP contribution in [0.5, 0.6) is 17.2 Å². The lowest BCUT2D eigenvalue weighted by Crippen LogP contribution is -2.18. The predicted octanol–water partition coefficient (Wildman–Crippen LogP) is 4.98. The molecular formula is C27H28N2O5. The predicted molar refractivity (Wildman–Crippen MR) is 131 cm³/mol. The molecule has 7 heteroatoms. The zero-order valence-corrected chi connectivity index (χ0v) is 19.9. The molecule has 1 N–H and O–H groups in total. The Morgan fingerprint density at radius 1 is 0.853 bits per heavy atom. The van der Waals surface area contributed by atoms with Gasteiger partial charge < -0.3 is 14.2 Å². The van der Waals surface area contributed by atoms with Crippen LogP contribution in [0, 0.1) is 0 Å². The molecule has 34 heavy (non-hydrogen) atoms. The standard InChI is InChI=1S/C27H28N2O5/c1-27(2,3)20-13-11-19(12-14-20)25(30)29-28-17-18-10-15-23(24(16-18)33-5)34-26(31)21-8-6-7-9-22(21)32-4/h6-17H,1-5H3,(H,29,30)/b28-17+. The molecule has 0 saturated carbocycles. The van der Waals surface area contributed by atoms with E-state index in [-0.39, 0.29) is 17.1 Å². The van der Waals surface area contributed by atoms with Crippen molar-refractivity contribution in [2.45, 2.75) is 26.2 Å². The number of nitrogens with zero attached hydrogens (tertiary/aromatic N) is 1. The highest BCUT2D eigenvalue weighted by atomic mass is 16.6. The molecule has 3 rings (SSSR count). The summed E-state index contributed by atoms with van der Waals surface area (Å²) in [6.07, 6.45) is 1.48. The Bertz CT molecular complexity index is 1190. The molecule has 0 unspecified atom stereocenters. The van der Waals surface area contributed by atoms with Crippen molar-refractivity contribution in [1.29, 1.82) is 0 Å². The van der Waals surface area contributed by atoms with Gasteiger partial charge in [0.15, 0.2) is 11.5 Å². The molecule has 0 bridgehead atoms. The Balaban J connectivity index is 1.67. The van der Waals surface area contributed by atoms with Gasteiger partial charge in [0.05, 0.1) is 20.4 Å². The van der Waals surface area contributed by atoms with E-state index in [1.54, 1.807) is 54.6 Å². The number of para-hydroxylation sites is 1. The molecule has 0 heterocycles. The quantitative estimate of drug-likeness (QED) is 0.232.